The maximum absolute atomic E-state index is 13.1. The van der Waals surface area contributed by atoms with Crippen LogP contribution in [-0.4, -0.2) is 69.5 Å². The number of rotatable bonds is 9. The van der Waals surface area contributed by atoms with E-state index in [1.54, 1.807) is 24.7 Å². The van der Waals surface area contributed by atoms with Crippen molar-refractivity contribution in [2.75, 3.05) is 33.7 Å². The number of benzene rings is 1. The molecule has 0 unspecified atom stereocenters. The standard InChI is InChI=1S/C26H28N6O2/c1-4-12-32(14-13-31(2)3)26(33)22-15-20(10-11-28-22)23-17-27-18-24(29-23)25-16-21(30-34-25)19-8-6-5-7-9-19/h5-11,15-18H,4,12-14H2,1-3H3. The maximum atomic E-state index is 13.1. The van der Waals surface area contributed by atoms with Crippen molar-refractivity contribution in [1.29, 1.82) is 0 Å². The molecule has 1 aromatic carbocycles. The number of hydrogen-bond donors (Lipinski definition) is 0. The lowest BCUT2D eigenvalue weighted by molar-refractivity contribution is 0.0739. The van der Waals surface area contributed by atoms with Gasteiger partial charge in [0.05, 0.1) is 18.1 Å². The van der Waals surface area contributed by atoms with Crippen molar-refractivity contribution in [2.24, 2.45) is 0 Å². The van der Waals surface area contributed by atoms with E-state index >= 15 is 0 Å². The fourth-order valence-electron chi connectivity index (χ4n) is 3.54. The molecule has 4 rings (SSSR count). The van der Waals surface area contributed by atoms with Gasteiger partial charge in [-0.3, -0.25) is 14.8 Å². The van der Waals surface area contributed by atoms with Gasteiger partial charge < -0.3 is 14.3 Å². The lowest BCUT2D eigenvalue weighted by Crippen LogP contribution is -2.37. The molecule has 3 heterocycles. The number of carbonyl (C=O) groups is 1. The van der Waals surface area contributed by atoms with Gasteiger partial charge in [0.2, 0.25) is 0 Å². The summed E-state index contributed by atoms with van der Waals surface area (Å²) in [7, 11) is 3.99. The van der Waals surface area contributed by atoms with Crippen molar-refractivity contribution in [1.82, 2.24) is 29.9 Å². The van der Waals surface area contributed by atoms with Crippen molar-refractivity contribution >= 4 is 5.91 Å². The first-order chi connectivity index (χ1) is 16.5. The molecule has 0 bridgehead atoms. The summed E-state index contributed by atoms with van der Waals surface area (Å²) in [6.07, 6.45) is 5.82. The van der Waals surface area contributed by atoms with Gasteiger partial charge in [-0.05, 0) is 32.6 Å². The van der Waals surface area contributed by atoms with Gasteiger partial charge in [-0.15, -0.1) is 0 Å². The first-order valence-corrected chi connectivity index (χ1v) is 11.3. The van der Waals surface area contributed by atoms with Gasteiger partial charge in [-0.1, -0.05) is 42.4 Å². The summed E-state index contributed by atoms with van der Waals surface area (Å²) in [6, 6.07) is 15.2. The highest BCUT2D eigenvalue weighted by atomic mass is 16.5. The quantitative estimate of drug-likeness (QED) is 0.371. The molecule has 34 heavy (non-hydrogen) atoms. The van der Waals surface area contributed by atoms with Crippen molar-refractivity contribution < 1.29 is 9.32 Å². The molecule has 0 saturated heterocycles. The van der Waals surface area contributed by atoms with Crippen molar-refractivity contribution in [2.45, 2.75) is 13.3 Å². The molecule has 0 spiro atoms. The van der Waals surface area contributed by atoms with Gasteiger partial charge in [-0.2, -0.15) is 0 Å². The van der Waals surface area contributed by atoms with Gasteiger partial charge in [0, 0.05) is 43.0 Å². The van der Waals surface area contributed by atoms with Gasteiger partial charge in [0.25, 0.3) is 5.91 Å². The maximum Gasteiger partial charge on any atom is 0.272 e. The molecule has 8 nitrogen and oxygen atoms in total. The van der Waals surface area contributed by atoms with Gasteiger partial charge in [-0.25, -0.2) is 4.98 Å². The summed E-state index contributed by atoms with van der Waals surface area (Å²) in [4.78, 5) is 30.4. The molecule has 8 heteroatoms. The molecule has 1 amide bonds. The molecule has 0 aliphatic carbocycles. The van der Waals surface area contributed by atoms with Crippen molar-refractivity contribution in [3.8, 4) is 34.0 Å². The topological polar surface area (TPSA) is 88.2 Å². The largest absolute Gasteiger partial charge is 0.354 e. The van der Waals surface area contributed by atoms with Crippen LogP contribution in [0, 0.1) is 0 Å². The van der Waals surface area contributed by atoms with Gasteiger partial charge in [0.1, 0.15) is 17.1 Å². The lowest BCUT2D eigenvalue weighted by atomic mass is 10.1. The summed E-state index contributed by atoms with van der Waals surface area (Å²) < 4.78 is 5.53. The number of aromatic nitrogens is 4. The van der Waals surface area contributed by atoms with E-state index < -0.39 is 0 Å². The van der Waals surface area contributed by atoms with Crippen LogP contribution in [0.2, 0.25) is 0 Å². The summed E-state index contributed by atoms with van der Waals surface area (Å²) in [5.74, 6) is 0.439. The molecule has 0 atom stereocenters. The Morgan fingerprint density at radius 2 is 1.71 bits per heavy atom. The Labute approximate surface area is 199 Å². The third-order valence-electron chi connectivity index (χ3n) is 5.34. The zero-order valence-electron chi connectivity index (χ0n) is 19.7. The second kappa shape index (κ2) is 10.8. The number of carbonyl (C=O) groups excluding carboxylic acids is 1. The zero-order chi connectivity index (χ0) is 23.9. The Hall–Kier alpha value is -3.91. The predicted octanol–water partition coefficient (Wildman–Crippen LogP) is 4.27. The minimum absolute atomic E-state index is 0.0857. The van der Waals surface area contributed by atoms with Crippen LogP contribution in [0.15, 0.2) is 71.6 Å². The summed E-state index contributed by atoms with van der Waals surface area (Å²) in [5, 5.41) is 4.16. The number of amides is 1. The molecule has 0 radical (unpaired) electrons. The molecule has 0 aliphatic heterocycles. The second-order valence-corrected chi connectivity index (χ2v) is 8.26. The van der Waals surface area contributed by atoms with E-state index in [0.29, 0.717) is 35.9 Å². The van der Waals surface area contributed by atoms with Crippen LogP contribution in [0.3, 0.4) is 0 Å². The first kappa shape index (κ1) is 23.3. The summed E-state index contributed by atoms with van der Waals surface area (Å²) in [6.45, 7) is 4.19. The highest BCUT2D eigenvalue weighted by Crippen LogP contribution is 2.26. The highest BCUT2D eigenvalue weighted by Gasteiger charge is 2.18. The van der Waals surface area contributed by atoms with Crippen molar-refractivity contribution in [3.05, 3.63) is 72.8 Å². The van der Waals surface area contributed by atoms with E-state index in [9.17, 15) is 4.79 Å². The van der Waals surface area contributed by atoms with Crippen LogP contribution < -0.4 is 0 Å². The third kappa shape index (κ3) is 5.52. The molecular weight excluding hydrogens is 428 g/mol. The molecule has 4 aromatic rings. The predicted molar refractivity (Wildman–Crippen MR) is 131 cm³/mol. The van der Waals surface area contributed by atoms with E-state index in [1.807, 2.05) is 61.5 Å². The van der Waals surface area contributed by atoms with E-state index in [-0.39, 0.29) is 5.91 Å². The summed E-state index contributed by atoms with van der Waals surface area (Å²) in [5.41, 5.74) is 4.04. The summed E-state index contributed by atoms with van der Waals surface area (Å²) >= 11 is 0. The van der Waals surface area contributed by atoms with Gasteiger partial charge >= 0.3 is 0 Å². The monoisotopic (exact) mass is 456 g/mol. The Bertz CT molecular complexity index is 1240. The minimum Gasteiger partial charge on any atom is -0.354 e. The van der Waals surface area contributed by atoms with Crippen LogP contribution in [0.1, 0.15) is 23.8 Å². The van der Waals surface area contributed by atoms with E-state index in [0.717, 1.165) is 29.8 Å². The van der Waals surface area contributed by atoms with E-state index in [2.05, 4.69) is 26.9 Å². The molecule has 174 valence electrons. The highest BCUT2D eigenvalue weighted by molar-refractivity contribution is 5.93. The lowest BCUT2D eigenvalue weighted by Gasteiger charge is -2.23. The van der Waals surface area contributed by atoms with Crippen LogP contribution >= 0.6 is 0 Å². The molecule has 3 aromatic heterocycles. The number of hydrogen-bond acceptors (Lipinski definition) is 7. The van der Waals surface area contributed by atoms with Crippen LogP contribution in [-0.2, 0) is 0 Å². The average Bonchev–Trinajstić information content (AvgIpc) is 3.37. The Balaban J connectivity index is 1.58. The molecule has 0 aliphatic rings. The van der Waals surface area contributed by atoms with Crippen LogP contribution in [0.4, 0.5) is 0 Å². The molecule has 0 saturated carbocycles. The Morgan fingerprint density at radius 3 is 2.47 bits per heavy atom. The smallest absolute Gasteiger partial charge is 0.272 e. The fourth-order valence-corrected chi connectivity index (χ4v) is 3.54. The van der Waals surface area contributed by atoms with Gasteiger partial charge in [0.15, 0.2) is 5.76 Å². The van der Waals surface area contributed by atoms with Crippen molar-refractivity contribution in [3.63, 3.8) is 0 Å². The first-order valence-electron chi connectivity index (χ1n) is 11.3. The molecular formula is C26H28N6O2. The second-order valence-electron chi connectivity index (χ2n) is 8.26. The number of likely N-dealkylation sites (N-methyl/N-ethyl adjacent to an activating group) is 1. The Morgan fingerprint density at radius 1 is 0.912 bits per heavy atom. The molecule has 0 N–H and O–H groups in total. The SMILES string of the molecule is CCCN(CCN(C)C)C(=O)c1cc(-c2cncc(-c3cc(-c4ccccc4)no3)n2)ccn1. The van der Waals surface area contributed by atoms with Crippen LogP contribution in [0.5, 0.6) is 0 Å². The average molecular weight is 457 g/mol. The number of pyridine rings is 1. The zero-order valence-corrected chi connectivity index (χ0v) is 19.7. The molecule has 0 fully saturated rings. The normalized spacial score (nSPS) is 11.1. The third-order valence-corrected chi connectivity index (χ3v) is 5.34. The van der Waals surface area contributed by atoms with E-state index in [1.165, 1.54) is 0 Å². The van der Waals surface area contributed by atoms with E-state index in [4.69, 9.17) is 9.51 Å². The fraction of sp³-hybridized carbons (Fsp3) is 0.269. The number of nitrogens with zero attached hydrogens (tertiary/aromatic N) is 6. The minimum atomic E-state index is -0.0857. The van der Waals surface area contributed by atoms with Crippen LogP contribution in [0.25, 0.3) is 34.0 Å². The Kier molecular flexibility index (Phi) is 7.39.